The Balaban J connectivity index is 2.53. The number of benzene rings is 2. The van der Waals surface area contributed by atoms with Gasteiger partial charge in [0.15, 0.2) is 0 Å². The standard InChI is InChI=1S/C24H28Cl5N3O4S/c1-5-21(24(34)30-11-14(2)3)31(12-15-6-7-16(25)8-17(15)26)23(33)13-32(37(4,35)36)22-10-19(28)18(27)9-20(22)29/h6-10,14,21H,5,11-13H2,1-4H3,(H,30,34)/t21-/m1/s1. The van der Waals surface area contributed by atoms with Crippen LogP contribution in [0.25, 0.3) is 0 Å². The number of sulfonamides is 1. The van der Waals surface area contributed by atoms with E-state index >= 15 is 0 Å². The molecule has 0 aliphatic heterocycles. The molecule has 0 unspecified atom stereocenters. The summed E-state index contributed by atoms with van der Waals surface area (Å²) in [4.78, 5) is 28.1. The molecule has 1 N–H and O–H groups in total. The Morgan fingerprint density at radius 3 is 2.11 bits per heavy atom. The van der Waals surface area contributed by atoms with E-state index in [2.05, 4.69) is 5.32 Å². The minimum Gasteiger partial charge on any atom is -0.354 e. The van der Waals surface area contributed by atoms with E-state index in [1.807, 2.05) is 13.8 Å². The second-order valence-corrected chi connectivity index (χ2v) is 12.8. The maximum Gasteiger partial charge on any atom is 0.244 e. The van der Waals surface area contributed by atoms with Gasteiger partial charge in [-0.3, -0.25) is 13.9 Å². The van der Waals surface area contributed by atoms with Crippen LogP contribution in [0.1, 0.15) is 32.8 Å². The molecule has 0 aliphatic carbocycles. The summed E-state index contributed by atoms with van der Waals surface area (Å²) in [5.74, 6) is -0.827. The average molecular weight is 632 g/mol. The Morgan fingerprint density at radius 1 is 0.946 bits per heavy atom. The van der Waals surface area contributed by atoms with Gasteiger partial charge >= 0.3 is 0 Å². The van der Waals surface area contributed by atoms with Crippen LogP contribution in [-0.2, 0) is 26.2 Å². The second kappa shape index (κ2) is 13.6. The fourth-order valence-electron chi connectivity index (χ4n) is 3.47. The van der Waals surface area contributed by atoms with Crippen LogP contribution in [0, 0.1) is 5.92 Å². The third-order valence-corrected chi connectivity index (χ3v) is 8.10. The van der Waals surface area contributed by atoms with Crippen molar-refractivity contribution in [1.29, 1.82) is 0 Å². The van der Waals surface area contributed by atoms with Gasteiger partial charge in [-0.1, -0.05) is 84.8 Å². The lowest BCUT2D eigenvalue weighted by molar-refractivity contribution is -0.140. The number of halogens is 5. The molecule has 0 bridgehead atoms. The minimum atomic E-state index is -4.00. The number of rotatable bonds is 11. The summed E-state index contributed by atoms with van der Waals surface area (Å²) in [7, 11) is -4.00. The number of nitrogens with one attached hydrogen (secondary N) is 1. The summed E-state index contributed by atoms with van der Waals surface area (Å²) in [5.41, 5.74) is 0.515. The monoisotopic (exact) mass is 629 g/mol. The fourth-order valence-corrected chi connectivity index (χ4v) is 5.49. The van der Waals surface area contributed by atoms with Gasteiger partial charge in [0.2, 0.25) is 21.8 Å². The van der Waals surface area contributed by atoms with Gasteiger partial charge in [0.1, 0.15) is 12.6 Å². The summed E-state index contributed by atoms with van der Waals surface area (Å²) in [6.07, 6.45) is 1.21. The van der Waals surface area contributed by atoms with E-state index in [-0.39, 0.29) is 45.5 Å². The number of amides is 2. The molecule has 0 heterocycles. The molecule has 2 aromatic carbocycles. The van der Waals surface area contributed by atoms with Crippen LogP contribution in [0.2, 0.25) is 25.1 Å². The molecule has 13 heteroatoms. The zero-order valence-corrected chi connectivity index (χ0v) is 25.3. The van der Waals surface area contributed by atoms with E-state index in [1.54, 1.807) is 19.1 Å². The van der Waals surface area contributed by atoms with Crippen molar-refractivity contribution in [3.8, 4) is 0 Å². The van der Waals surface area contributed by atoms with Gasteiger partial charge in [-0.05, 0) is 42.2 Å². The summed E-state index contributed by atoms with van der Waals surface area (Å²) in [5, 5.41) is 3.73. The van der Waals surface area contributed by atoms with Crippen LogP contribution < -0.4 is 9.62 Å². The Hall–Kier alpha value is -1.42. The zero-order valence-electron chi connectivity index (χ0n) is 20.7. The first kappa shape index (κ1) is 31.8. The first-order chi connectivity index (χ1) is 17.1. The highest BCUT2D eigenvalue weighted by atomic mass is 35.5. The molecule has 7 nitrogen and oxygen atoms in total. The predicted octanol–water partition coefficient (Wildman–Crippen LogP) is 6.30. The first-order valence-corrected chi connectivity index (χ1v) is 15.0. The molecular weight excluding hydrogens is 604 g/mol. The fraction of sp³-hybridized carbons (Fsp3) is 0.417. The highest BCUT2D eigenvalue weighted by Crippen LogP contribution is 2.36. The molecule has 0 saturated heterocycles. The lowest BCUT2D eigenvalue weighted by atomic mass is 10.1. The van der Waals surface area contributed by atoms with Crippen LogP contribution in [0.3, 0.4) is 0 Å². The molecule has 1 atom stereocenters. The van der Waals surface area contributed by atoms with Crippen molar-refractivity contribution in [3.63, 3.8) is 0 Å². The molecular formula is C24H28Cl5N3O4S. The number of anilines is 1. The molecule has 2 rings (SSSR count). The summed E-state index contributed by atoms with van der Waals surface area (Å²) in [6, 6.07) is 6.45. The Morgan fingerprint density at radius 2 is 1.57 bits per heavy atom. The van der Waals surface area contributed by atoms with Crippen molar-refractivity contribution in [3.05, 3.63) is 61.0 Å². The maximum absolute atomic E-state index is 13.7. The zero-order chi connectivity index (χ0) is 28.1. The SMILES string of the molecule is CC[C@H](C(=O)NCC(C)C)N(Cc1ccc(Cl)cc1Cl)C(=O)CN(c1cc(Cl)c(Cl)cc1Cl)S(C)(=O)=O. The van der Waals surface area contributed by atoms with Crippen molar-refractivity contribution in [2.24, 2.45) is 5.92 Å². The molecule has 2 amide bonds. The lowest BCUT2D eigenvalue weighted by Crippen LogP contribution is -2.52. The van der Waals surface area contributed by atoms with Crippen molar-refractivity contribution >= 4 is 85.5 Å². The molecule has 37 heavy (non-hydrogen) atoms. The molecule has 0 fully saturated rings. The average Bonchev–Trinajstić information content (AvgIpc) is 2.79. The van der Waals surface area contributed by atoms with E-state index < -0.39 is 28.5 Å². The van der Waals surface area contributed by atoms with Gasteiger partial charge in [-0.15, -0.1) is 0 Å². The molecule has 2 aromatic rings. The highest BCUT2D eigenvalue weighted by molar-refractivity contribution is 7.92. The first-order valence-electron chi connectivity index (χ1n) is 11.3. The number of hydrogen-bond donors (Lipinski definition) is 1. The van der Waals surface area contributed by atoms with Gasteiger partial charge in [0, 0.05) is 23.1 Å². The van der Waals surface area contributed by atoms with Gasteiger partial charge in [0.05, 0.1) is 27.0 Å². The topological polar surface area (TPSA) is 86.8 Å². The number of hydrogen-bond acceptors (Lipinski definition) is 4. The van der Waals surface area contributed by atoms with Crippen molar-refractivity contribution in [1.82, 2.24) is 10.2 Å². The van der Waals surface area contributed by atoms with Crippen LogP contribution in [0.4, 0.5) is 5.69 Å². The number of nitrogens with zero attached hydrogens (tertiary/aromatic N) is 2. The van der Waals surface area contributed by atoms with Gasteiger partial charge in [-0.2, -0.15) is 0 Å². The van der Waals surface area contributed by atoms with Crippen LogP contribution >= 0.6 is 58.0 Å². The molecule has 0 saturated carbocycles. The largest absolute Gasteiger partial charge is 0.354 e. The highest BCUT2D eigenvalue weighted by Gasteiger charge is 2.33. The van der Waals surface area contributed by atoms with E-state index in [1.165, 1.54) is 23.1 Å². The molecule has 0 aromatic heterocycles. The van der Waals surface area contributed by atoms with Crippen LogP contribution in [-0.4, -0.2) is 50.5 Å². The van der Waals surface area contributed by atoms with Gasteiger partial charge < -0.3 is 10.2 Å². The van der Waals surface area contributed by atoms with E-state index in [9.17, 15) is 18.0 Å². The Kier molecular flexibility index (Phi) is 11.7. The van der Waals surface area contributed by atoms with Gasteiger partial charge in [-0.25, -0.2) is 8.42 Å². The number of carbonyl (C=O) groups excluding carboxylic acids is 2. The minimum absolute atomic E-state index is 0.0124. The predicted molar refractivity (Wildman–Crippen MR) is 153 cm³/mol. The van der Waals surface area contributed by atoms with Crippen LogP contribution in [0.15, 0.2) is 30.3 Å². The van der Waals surface area contributed by atoms with Gasteiger partial charge in [0.25, 0.3) is 0 Å². The molecule has 0 aliphatic rings. The third-order valence-electron chi connectivity index (χ3n) is 5.36. The Labute approximate surface area is 243 Å². The summed E-state index contributed by atoms with van der Waals surface area (Å²) >= 11 is 30.8. The molecule has 0 radical (unpaired) electrons. The number of carbonyl (C=O) groups is 2. The molecule has 0 spiro atoms. The third kappa shape index (κ3) is 8.80. The summed E-state index contributed by atoms with van der Waals surface area (Å²) < 4.78 is 26.3. The van der Waals surface area contributed by atoms with Crippen molar-refractivity contribution < 1.29 is 18.0 Å². The van der Waals surface area contributed by atoms with Crippen LogP contribution in [0.5, 0.6) is 0 Å². The maximum atomic E-state index is 13.7. The van der Waals surface area contributed by atoms with E-state index in [4.69, 9.17) is 58.0 Å². The smallest absolute Gasteiger partial charge is 0.244 e. The van der Waals surface area contributed by atoms with E-state index in [0.717, 1.165) is 10.6 Å². The Bertz CT molecular complexity index is 1260. The normalized spacial score (nSPS) is 12.4. The van der Waals surface area contributed by atoms with E-state index in [0.29, 0.717) is 22.2 Å². The molecule has 204 valence electrons. The lowest BCUT2D eigenvalue weighted by Gasteiger charge is -2.33. The quantitative estimate of drug-likeness (QED) is 0.295. The van der Waals surface area contributed by atoms with Crippen molar-refractivity contribution in [2.45, 2.75) is 39.8 Å². The summed E-state index contributed by atoms with van der Waals surface area (Å²) in [6.45, 7) is 5.36. The second-order valence-electron chi connectivity index (χ2n) is 8.81. The van der Waals surface area contributed by atoms with Crippen molar-refractivity contribution in [2.75, 3.05) is 23.7 Å².